The molecule has 1 amide bonds. The first-order valence-electron chi connectivity index (χ1n) is 4.75. The van der Waals surface area contributed by atoms with Crippen LogP contribution in [0.15, 0.2) is 41.0 Å². The van der Waals surface area contributed by atoms with Gasteiger partial charge >= 0.3 is 0 Å². The molecule has 17 heavy (non-hydrogen) atoms. The molecule has 1 aromatic carbocycles. The second-order valence-corrected chi connectivity index (χ2v) is 3.60. The first-order chi connectivity index (χ1) is 8.20. The minimum atomic E-state index is -0.376. The molecule has 5 heteroatoms. The Bertz CT molecular complexity index is 599. The van der Waals surface area contributed by atoms with E-state index < -0.39 is 0 Å². The van der Waals surface area contributed by atoms with Gasteiger partial charge in [0.25, 0.3) is 5.91 Å². The number of halogens is 1. The van der Waals surface area contributed by atoms with E-state index in [0.29, 0.717) is 11.3 Å². The van der Waals surface area contributed by atoms with Crippen LogP contribution in [0.5, 0.6) is 0 Å². The van der Waals surface area contributed by atoms with Crippen molar-refractivity contribution in [2.45, 2.75) is 0 Å². The Morgan fingerprint density at radius 2 is 2.24 bits per heavy atom. The van der Waals surface area contributed by atoms with Crippen LogP contribution in [0, 0.1) is 11.3 Å². The van der Waals surface area contributed by atoms with Gasteiger partial charge in [-0.05, 0) is 35.9 Å². The van der Waals surface area contributed by atoms with Crippen molar-refractivity contribution < 1.29 is 9.21 Å². The van der Waals surface area contributed by atoms with E-state index in [-0.39, 0.29) is 16.7 Å². The quantitative estimate of drug-likeness (QED) is 0.886. The molecule has 0 aliphatic carbocycles. The summed E-state index contributed by atoms with van der Waals surface area (Å²) in [6.07, 6.45) is 1.34. The minimum Gasteiger partial charge on any atom is -0.452 e. The standard InChI is InChI=1S/C12H7ClN2O2/c13-11-10(4-5-17-11)12(16)15-9-3-1-2-8(6-9)7-14/h1-6H,(H,15,16). The number of benzene rings is 1. The summed E-state index contributed by atoms with van der Waals surface area (Å²) in [7, 11) is 0. The van der Waals surface area contributed by atoms with Crippen LogP contribution in [-0.4, -0.2) is 5.91 Å². The summed E-state index contributed by atoms with van der Waals surface area (Å²) in [5, 5.41) is 11.4. The van der Waals surface area contributed by atoms with E-state index in [9.17, 15) is 4.79 Å². The molecule has 4 nitrogen and oxygen atoms in total. The summed E-state index contributed by atoms with van der Waals surface area (Å²) in [6, 6.07) is 10.1. The van der Waals surface area contributed by atoms with Gasteiger partial charge in [0.15, 0.2) is 0 Å². The molecule has 1 N–H and O–H groups in total. The highest BCUT2D eigenvalue weighted by Crippen LogP contribution is 2.18. The zero-order chi connectivity index (χ0) is 12.3. The number of furan rings is 1. The van der Waals surface area contributed by atoms with Crippen molar-refractivity contribution >= 4 is 23.2 Å². The third kappa shape index (κ3) is 2.47. The Hall–Kier alpha value is -2.25. The molecular weight excluding hydrogens is 240 g/mol. The molecule has 84 valence electrons. The molecule has 0 radical (unpaired) electrons. The molecule has 0 aliphatic rings. The van der Waals surface area contributed by atoms with Crippen LogP contribution in [0.4, 0.5) is 5.69 Å². The summed E-state index contributed by atoms with van der Waals surface area (Å²) in [4.78, 5) is 11.8. The molecule has 1 aromatic heterocycles. The molecule has 0 saturated carbocycles. The van der Waals surface area contributed by atoms with Crippen molar-refractivity contribution in [3.05, 3.63) is 52.9 Å². The lowest BCUT2D eigenvalue weighted by Crippen LogP contribution is -2.11. The monoisotopic (exact) mass is 246 g/mol. The first-order valence-corrected chi connectivity index (χ1v) is 5.13. The molecule has 2 aromatic rings. The molecule has 0 spiro atoms. The van der Waals surface area contributed by atoms with E-state index in [1.54, 1.807) is 24.3 Å². The van der Waals surface area contributed by atoms with Crippen molar-refractivity contribution in [3.63, 3.8) is 0 Å². The fourth-order valence-corrected chi connectivity index (χ4v) is 1.52. The molecule has 0 unspecified atom stereocenters. The number of carbonyl (C=O) groups excluding carboxylic acids is 1. The van der Waals surface area contributed by atoms with Gasteiger partial charge in [0, 0.05) is 5.69 Å². The molecule has 0 atom stereocenters. The lowest BCUT2D eigenvalue weighted by Gasteiger charge is -2.03. The van der Waals surface area contributed by atoms with E-state index in [1.165, 1.54) is 12.3 Å². The average molecular weight is 247 g/mol. The van der Waals surface area contributed by atoms with Crippen LogP contribution < -0.4 is 5.32 Å². The van der Waals surface area contributed by atoms with Gasteiger partial charge in [-0.15, -0.1) is 0 Å². The lowest BCUT2D eigenvalue weighted by atomic mass is 10.2. The van der Waals surface area contributed by atoms with Crippen molar-refractivity contribution in [2.75, 3.05) is 5.32 Å². The highest BCUT2D eigenvalue weighted by atomic mass is 35.5. The average Bonchev–Trinajstić information content (AvgIpc) is 2.76. The fourth-order valence-electron chi connectivity index (χ4n) is 1.32. The number of nitrogens with zero attached hydrogens (tertiary/aromatic N) is 1. The van der Waals surface area contributed by atoms with E-state index >= 15 is 0 Å². The number of rotatable bonds is 2. The predicted molar refractivity (Wildman–Crippen MR) is 62.8 cm³/mol. The minimum absolute atomic E-state index is 0.0407. The lowest BCUT2D eigenvalue weighted by molar-refractivity contribution is 0.102. The van der Waals surface area contributed by atoms with Gasteiger partial charge in [-0.1, -0.05) is 6.07 Å². The number of nitrogens with one attached hydrogen (secondary N) is 1. The van der Waals surface area contributed by atoms with Crippen molar-refractivity contribution in [2.24, 2.45) is 0 Å². The van der Waals surface area contributed by atoms with Gasteiger partial charge < -0.3 is 9.73 Å². The number of amides is 1. The Morgan fingerprint density at radius 3 is 2.88 bits per heavy atom. The van der Waals surface area contributed by atoms with Crippen molar-refractivity contribution in [1.82, 2.24) is 0 Å². The van der Waals surface area contributed by atoms with Gasteiger partial charge in [0.2, 0.25) is 5.22 Å². The van der Waals surface area contributed by atoms with E-state index in [1.807, 2.05) is 6.07 Å². The Labute approximate surface area is 102 Å². The van der Waals surface area contributed by atoms with Crippen molar-refractivity contribution in [1.29, 1.82) is 5.26 Å². The highest BCUT2D eigenvalue weighted by Gasteiger charge is 2.12. The maximum Gasteiger partial charge on any atom is 0.260 e. The van der Waals surface area contributed by atoms with Crippen LogP contribution in [0.25, 0.3) is 0 Å². The Morgan fingerprint density at radius 1 is 1.41 bits per heavy atom. The van der Waals surface area contributed by atoms with Crippen LogP contribution >= 0.6 is 11.6 Å². The molecule has 1 heterocycles. The summed E-state index contributed by atoms with van der Waals surface area (Å²) in [6.45, 7) is 0. The molecule has 2 rings (SSSR count). The number of hydrogen-bond acceptors (Lipinski definition) is 3. The second kappa shape index (κ2) is 4.73. The van der Waals surface area contributed by atoms with Crippen LogP contribution in [0.1, 0.15) is 15.9 Å². The predicted octanol–water partition coefficient (Wildman–Crippen LogP) is 3.06. The maximum atomic E-state index is 11.8. The zero-order valence-corrected chi connectivity index (χ0v) is 9.36. The van der Waals surface area contributed by atoms with E-state index in [0.717, 1.165) is 0 Å². The number of hydrogen-bond donors (Lipinski definition) is 1. The highest BCUT2D eigenvalue weighted by molar-refractivity contribution is 6.32. The van der Waals surface area contributed by atoms with Gasteiger partial charge in [0.05, 0.1) is 23.5 Å². The van der Waals surface area contributed by atoms with Crippen LogP contribution in [-0.2, 0) is 0 Å². The molecule has 0 saturated heterocycles. The molecule has 0 fully saturated rings. The summed E-state index contributed by atoms with van der Waals surface area (Å²) in [5.74, 6) is -0.376. The third-order valence-electron chi connectivity index (χ3n) is 2.11. The Kier molecular flexibility index (Phi) is 3.12. The fraction of sp³-hybridized carbons (Fsp3) is 0. The topological polar surface area (TPSA) is 66.0 Å². The smallest absolute Gasteiger partial charge is 0.260 e. The summed E-state index contributed by atoms with van der Waals surface area (Å²) >= 11 is 5.68. The van der Waals surface area contributed by atoms with Crippen LogP contribution in [0.3, 0.4) is 0 Å². The Balaban J connectivity index is 2.19. The number of anilines is 1. The second-order valence-electron chi connectivity index (χ2n) is 3.25. The van der Waals surface area contributed by atoms with Gasteiger partial charge in [-0.3, -0.25) is 4.79 Å². The summed E-state index contributed by atoms with van der Waals surface area (Å²) < 4.78 is 4.82. The zero-order valence-electron chi connectivity index (χ0n) is 8.61. The molecular formula is C12H7ClN2O2. The van der Waals surface area contributed by atoms with Crippen LogP contribution in [0.2, 0.25) is 5.22 Å². The van der Waals surface area contributed by atoms with Gasteiger partial charge in [0.1, 0.15) is 0 Å². The summed E-state index contributed by atoms with van der Waals surface area (Å²) in [5.41, 5.74) is 1.27. The molecule has 0 bridgehead atoms. The SMILES string of the molecule is N#Cc1cccc(NC(=O)c2ccoc2Cl)c1. The van der Waals surface area contributed by atoms with Gasteiger partial charge in [-0.2, -0.15) is 5.26 Å². The maximum absolute atomic E-state index is 11.8. The van der Waals surface area contributed by atoms with Crippen molar-refractivity contribution in [3.8, 4) is 6.07 Å². The molecule has 0 aliphatic heterocycles. The number of nitriles is 1. The largest absolute Gasteiger partial charge is 0.452 e. The normalized spacial score (nSPS) is 9.65. The number of carbonyl (C=O) groups is 1. The van der Waals surface area contributed by atoms with E-state index in [2.05, 4.69) is 5.32 Å². The van der Waals surface area contributed by atoms with Gasteiger partial charge in [-0.25, -0.2) is 0 Å². The first kappa shape index (κ1) is 11.2. The third-order valence-corrected chi connectivity index (χ3v) is 2.40. The van der Waals surface area contributed by atoms with E-state index in [4.69, 9.17) is 21.3 Å².